The molecule has 2 saturated carbocycles. The SMILES string of the molecule is CCC1C(C)CC(C)C1CC.CCC1C(C)CC(C)C1CC. The van der Waals surface area contributed by atoms with Crippen LogP contribution in [0.5, 0.6) is 0 Å². The van der Waals surface area contributed by atoms with Gasteiger partial charge in [0.05, 0.1) is 0 Å². The molecule has 0 nitrogen and oxygen atoms in total. The second-order valence-corrected chi connectivity index (χ2v) is 8.67. The minimum atomic E-state index is 0.986. The number of hydrogen-bond donors (Lipinski definition) is 0. The van der Waals surface area contributed by atoms with E-state index in [1.54, 1.807) is 0 Å². The first-order valence-electron chi connectivity index (χ1n) is 10.4. The molecular weight excluding hydrogens is 264 g/mol. The van der Waals surface area contributed by atoms with Crippen molar-refractivity contribution in [2.75, 3.05) is 0 Å². The second-order valence-electron chi connectivity index (χ2n) is 8.67. The smallest absolute Gasteiger partial charge is 0.0360 e. The molecule has 132 valence electrons. The molecule has 0 N–H and O–H groups in total. The van der Waals surface area contributed by atoms with Crippen LogP contribution < -0.4 is 0 Å². The van der Waals surface area contributed by atoms with Gasteiger partial charge in [0.15, 0.2) is 0 Å². The summed E-state index contributed by atoms with van der Waals surface area (Å²) in [5, 5.41) is 0. The topological polar surface area (TPSA) is 0 Å². The molecule has 0 aliphatic heterocycles. The van der Waals surface area contributed by atoms with Gasteiger partial charge >= 0.3 is 0 Å². The van der Waals surface area contributed by atoms with Crippen molar-refractivity contribution in [1.82, 2.24) is 0 Å². The van der Waals surface area contributed by atoms with Crippen LogP contribution in [0.15, 0.2) is 0 Å². The molecular formula is C22H44. The lowest BCUT2D eigenvalue weighted by atomic mass is 9.84. The van der Waals surface area contributed by atoms with E-state index in [4.69, 9.17) is 0 Å². The van der Waals surface area contributed by atoms with Crippen molar-refractivity contribution in [2.45, 2.75) is 93.9 Å². The first-order chi connectivity index (χ1) is 10.4. The van der Waals surface area contributed by atoms with E-state index in [0.29, 0.717) is 0 Å². The maximum absolute atomic E-state index is 2.43. The van der Waals surface area contributed by atoms with Gasteiger partial charge in [0.2, 0.25) is 0 Å². The van der Waals surface area contributed by atoms with E-state index in [-0.39, 0.29) is 0 Å². The van der Waals surface area contributed by atoms with Crippen LogP contribution in [0.1, 0.15) is 93.9 Å². The van der Waals surface area contributed by atoms with Crippen LogP contribution in [0, 0.1) is 47.3 Å². The third-order valence-electron chi connectivity index (χ3n) is 7.40. The normalized spacial score (nSPS) is 44.7. The molecule has 2 rings (SSSR count). The Balaban J connectivity index is 0.000000220. The van der Waals surface area contributed by atoms with E-state index < -0.39 is 0 Å². The van der Waals surface area contributed by atoms with Crippen molar-refractivity contribution in [3.05, 3.63) is 0 Å². The Labute approximate surface area is 141 Å². The quantitative estimate of drug-likeness (QED) is 0.506. The first kappa shape index (κ1) is 20.0. The van der Waals surface area contributed by atoms with Gasteiger partial charge in [0.1, 0.15) is 0 Å². The van der Waals surface area contributed by atoms with Crippen molar-refractivity contribution < 1.29 is 0 Å². The average molecular weight is 309 g/mol. The van der Waals surface area contributed by atoms with Crippen LogP contribution in [0.25, 0.3) is 0 Å². The maximum atomic E-state index is 2.43. The Bertz CT molecular complexity index is 236. The van der Waals surface area contributed by atoms with Gasteiger partial charge in [0.25, 0.3) is 0 Å². The van der Waals surface area contributed by atoms with Crippen LogP contribution in [-0.4, -0.2) is 0 Å². The highest BCUT2D eigenvalue weighted by atomic mass is 14.4. The number of hydrogen-bond acceptors (Lipinski definition) is 0. The molecule has 2 aliphatic rings. The lowest BCUT2D eigenvalue weighted by Crippen LogP contribution is -2.13. The minimum Gasteiger partial charge on any atom is -0.0651 e. The third-order valence-corrected chi connectivity index (χ3v) is 7.40. The molecule has 0 aromatic rings. The molecule has 0 saturated heterocycles. The molecule has 0 heteroatoms. The molecule has 0 spiro atoms. The van der Waals surface area contributed by atoms with Gasteiger partial charge in [-0.25, -0.2) is 0 Å². The molecule has 0 amide bonds. The summed E-state index contributed by atoms with van der Waals surface area (Å²) in [4.78, 5) is 0. The summed E-state index contributed by atoms with van der Waals surface area (Å²) < 4.78 is 0. The van der Waals surface area contributed by atoms with Gasteiger partial charge < -0.3 is 0 Å². The van der Waals surface area contributed by atoms with Crippen LogP contribution in [0.4, 0.5) is 0 Å². The maximum Gasteiger partial charge on any atom is -0.0360 e. The molecule has 8 atom stereocenters. The van der Waals surface area contributed by atoms with Gasteiger partial charge in [-0.15, -0.1) is 0 Å². The fourth-order valence-electron chi connectivity index (χ4n) is 6.38. The summed E-state index contributed by atoms with van der Waals surface area (Å²) in [5.41, 5.74) is 0. The Morgan fingerprint density at radius 1 is 0.455 bits per heavy atom. The van der Waals surface area contributed by atoms with Gasteiger partial charge in [-0.3, -0.25) is 0 Å². The fraction of sp³-hybridized carbons (Fsp3) is 1.00. The predicted molar refractivity (Wildman–Crippen MR) is 101 cm³/mol. The van der Waals surface area contributed by atoms with Gasteiger partial charge in [-0.1, -0.05) is 81.1 Å². The van der Waals surface area contributed by atoms with E-state index in [1.807, 2.05) is 0 Å². The highest BCUT2D eigenvalue weighted by Crippen LogP contribution is 2.45. The van der Waals surface area contributed by atoms with Crippen molar-refractivity contribution in [3.8, 4) is 0 Å². The average Bonchev–Trinajstić information content (AvgIpc) is 2.92. The summed E-state index contributed by atoms with van der Waals surface area (Å²) >= 11 is 0. The Hall–Kier alpha value is 0. The molecule has 0 aromatic heterocycles. The summed E-state index contributed by atoms with van der Waals surface area (Å²) in [6.45, 7) is 19.1. The van der Waals surface area contributed by atoms with Crippen molar-refractivity contribution in [2.24, 2.45) is 47.3 Å². The molecule has 0 aromatic carbocycles. The zero-order valence-electron chi connectivity index (χ0n) is 16.9. The Morgan fingerprint density at radius 2 is 0.636 bits per heavy atom. The third kappa shape index (κ3) is 4.51. The van der Waals surface area contributed by atoms with Crippen molar-refractivity contribution in [1.29, 1.82) is 0 Å². The Morgan fingerprint density at radius 3 is 0.773 bits per heavy atom. The van der Waals surface area contributed by atoms with E-state index in [0.717, 1.165) is 47.3 Å². The molecule has 0 radical (unpaired) electrons. The summed E-state index contributed by atoms with van der Waals surface area (Å²) in [6, 6.07) is 0. The predicted octanol–water partition coefficient (Wildman–Crippen LogP) is 7.43. The van der Waals surface area contributed by atoms with Gasteiger partial charge in [-0.2, -0.15) is 0 Å². The summed E-state index contributed by atoms with van der Waals surface area (Å²) in [5.74, 6) is 8.04. The molecule has 2 fully saturated rings. The Kier molecular flexibility index (Phi) is 8.50. The first-order valence-corrected chi connectivity index (χ1v) is 10.4. The molecule has 0 heterocycles. The van der Waals surface area contributed by atoms with Crippen molar-refractivity contribution in [3.63, 3.8) is 0 Å². The minimum absolute atomic E-state index is 0.986. The van der Waals surface area contributed by atoms with Crippen molar-refractivity contribution >= 4 is 0 Å². The molecule has 2 aliphatic carbocycles. The van der Waals surface area contributed by atoms with Crippen LogP contribution in [-0.2, 0) is 0 Å². The van der Waals surface area contributed by atoms with Crippen LogP contribution >= 0.6 is 0 Å². The molecule has 22 heavy (non-hydrogen) atoms. The van der Waals surface area contributed by atoms with E-state index in [1.165, 1.54) is 38.5 Å². The zero-order chi connectivity index (χ0) is 16.9. The standard InChI is InChI=1S/2C11H22/c2*1-5-10-8(3)7-9(4)11(10)6-2/h2*8-11H,5-7H2,1-4H3. The summed E-state index contributed by atoms with van der Waals surface area (Å²) in [7, 11) is 0. The monoisotopic (exact) mass is 308 g/mol. The fourth-order valence-corrected chi connectivity index (χ4v) is 6.38. The van der Waals surface area contributed by atoms with Gasteiger partial charge in [0, 0.05) is 0 Å². The molecule has 8 unspecified atom stereocenters. The number of rotatable bonds is 4. The second kappa shape index (κ2) is 9.33. The largest absolute Gasteiger partial charge is 0.0651 e. The van der Waals surface area contributed by atoms with E-state index in [2.05, 4.69) is 55.4 Å². The highest BCUT2D eigenvalue weighted by Gasteiger charge is 2.36. The lowest BCUT2D eigenvalue weighted by molar-refractivity contribution is 0.282. The van der Waals surface area contributed by atoms with Gasteiger partial charge in [-0.05, 0) is 60.2 Å². The van der Waals surface area contributed by atoms with Crippen LogP contribution in [0.3, 0.4) is 0 Å². The highest BCUT2D eigenvalue weighted by molar-refractivity contribution is 4.86. The zero-order valence-corrected chi connectivity index (χ0v) is 16.9. The lowest BCUT2D eigenvalue weighted by Gasteiger charge is -2.21. The van der Waals surface area contributed by atoms with E-state index >= 15 is 0 Å². The summed E-state index contributed by atoms with van der Waals surface area (Å²) in [6.07, 6.45) is 8.51. The van der Waals surface area contributed by atoms with Crippen LogP contribution in [0.2, 0.25) is 0 Å². The molecule has 0 bridgehead atoms. The van der Waals surface area contributed by atoms with E-state index in [9.17, 15) is 0 Å².